The Morgan fingerprint density at radius 2 is 1.95 bits per heavy atom. The van der Waals surface area contributed by atoms with Gasteiger partial charge in [0.15, 0.2) is 0 Å². The number of thioether (sulfide) groups is 1. The second-order valence-electron chi connectivity index (χ2n) is 5.57. The monoisotopic (exact) mass is 301 g/mol. The minimum Gasteiger partial charge on any atom is -0.468 e. The Balaban J connectivity index is 5.46. The molecule has 0 rings (SSSR count). The van der Waals surface area contributed by atoms with E-state index < -0.39 is 17.3 Å². The molecule has 0 bridgehead atoms. The van der Waals surface area contributed by atoms with Gasteiger partial charge in [-0.1, -0.05) is 40.5 Å². The molecule has 0 unspecified atom stereocenters. The van der Waals surface area contributed by atoms with Crippen LogP contribution in [-0.4, -0.2) is 29.5 Å². The Labute approximate surface area is 124 Å². The standard InChI is InChI=1S/C13H23N3O3S/c1-6-7-8-13(11(18)19-5,10(17)15-16-14)9-20-12(2,3)4/h6-9H2,1-5H3/t13-/m0/s1. The highest BCUT2D eigenvalue weighted by Gasteiger charge is 2.46. The number of nitrogens with zero attached hydrogens (tertiary/aromatic N) is 3. The van der Waals surface area contributed by atoms with Gasteiger partial charge in [-0.2, -0.15) is 11.8 Å². The van der Waals surface area contributed by atoms with Gasteiger partial charge in [0.05, 0.1) is 7.11 Å². The number of methoxy groups -OCH3 is 1. The number of azide groups is 1. The smallest absolute Gasteiger partial charge is 0.320 e. The molecule has 114 valence electrons. The van der Waals surface area contributed by atoms with Crippen molar-refractivity contribution in [2.24, 2.45) is 10.5 Å². The average Bonchev–Trinajstić information content (AvgIpc) is 2.37. The molecule has 1 atom stereocenters. The topological polar surface area (TPSA) is 92.1 Å². The van der Waals surface area contributed by atoms with Crippen LogP contribution in [0.5, 0.6) is 0 Å². The van der Waals surface area contributed by atoms with Crippen molar-refractivity contribution in [1.29, 1.82) is 0 Å². The van der Waals surface area contributed by atoms with E-state index in [0.717, 1.165) is 6.42 Å². The molecule has 0 saturated heterocycles. The molecule has 0 aliphatic rings. The molecule has 0 aliphatic carbocycles. The summed E-state index contributed by atoms with van der Waals surface area (Å²) in [6.45, 7) is 7.96. The molecule has 0 aliphatic heterocycles. The summed E-state index contributed by atoms with van der Waals surface area (Å²) in [5.41, 5.74) is 7.11. The normalized spacial score (nSPS) is 14.1. The van der Waals surface area contributed by atoms with Crippen LogP contribution in [0.25, 0.3) is 10.4 Å². The first-order chi connectivity index (χ1) is 9.23. The molecule has 6 nitrogen and oxygen atoms in total. The molecule has 0 aromatic carbocycles. The summed E-state index contributed by atoms with van der Waals surface area (Å²) in [7, 11) is 1.24. The third kappa shape index (κ3) is 5.43. The lowest BCUT2D eigenvalue weighted by Gasteiger charge is -2.30. The molecule has 1 amide bonds. The Kier molecular flexibility index (Phi) is 7.68. The van der Waals surface area contributed by atoms with Crippen molar-refractivity contribution in [2.45, 2.75) is 51.7 Å². The zero-order chi connectivity index (χ0) is 15.8. The number of esters is 1. The van der Waals surface area contributed by atoms with Gasteiger partial charge in [0, 0.05) is 15.4 Å². The summed E-state index contributed by atoms with van der Waals surface area (Å²) in [5.74, 6) is -1.13. The van der Waals surface area contributed by atoms with Gasteiger partial charge in [0.2, 0.25) is 5.91 Å². The van der Waals surface area contributed by atoms with Gasteiger partial charge < -0.3 is 4.74 Å². The van der Waals surface area contributed by atoms with Gasteiger partial charge >= 0.3 is 5.97 Å². The lowest BCUT2D eigenvalue weighted by molar-refractivity contribution is -0.156. The van der Waals surface area contributed by atoms with Gasteiger partial charge in [-0.05, 0) is 17.1 Å². The van der Waals surface area contributed by atoms with Gasteiger partial charge in [0.25, 0.3) is 0 Å². The van der Waals surface area contributed by atoms with Crippen LogP contribution in [0.1, 0.15) is 47.0 Å². The first-order valence-electron chi connectivity index (χ1n) is 6.55. The number of amides is 1. The molecule has 0 aromatic rings. The Morgan fingerprint density at radius 3 is 2.35 bits per heavy atom. The van der Waals surface area contributed by atoms with E-state index in [9.17, 15) is 9.59 Å². The predicted molar refractivity (Wildman–Crippen MR) is 80.3 cm³/mol. The number of ether oxygens (including phenoxy) is 1. The summed E-state index contributed by atoms with van der Waals surface area (Å²) in [6, 6.07) is 0. The number of hydrogen-bond acceptors (Lipinski definition) is 4. The Hall–Kier alpha value is -1.20. The fraction of sp³-hybridized carbons (Fsp3) is 0.846. The number of carbonyl (C=O) groups is 2. The number of carbonyl (C=O) groups excluding carboxylic acids is 2. The van der Waals surface area contributed by atoms with Crippen LogP contribution >= 0.6 is 11.8 Å². The SMILES string of the molecule is CCCC[C@](CSC(C)(C)C)(C(=O)N=[N+]=[N-])C(=O)OC. The summed E-state index contributed by atoms with van der Waals surface area (Å²) >= 11 is 1.48. The van der Waals surface area contributed by atoms with E-state index >= 15 is 0 Å². The van der Waals surface area contributed by atoms with Crippen molar-refractivity contribution in [3.63, 3.8) is 0 Å². The van der Waals surface area contributed by atoms with Crippen molar-refractivity contribution in [3.8, 4) is 0 Å². The quantitative estimate of drug-likeness (QED) is 0.235. The molecular formula is C13H23N3O3S. The average molecular weight is 301 g/mol. The van der Waals surface area contributed by atoms with E-state index in [1.165, 1.54) is 18.9 Å². The fourth-order valence-corrected chi connectivity index (χ4v) is 2.70. The van der Waals surface area contributed by atoms with E-state index in [1.807, 2.05) is 27.7 Å². The second kappa shape index (κ2) is 8.17. The van der Waals surface area contributed by atoms with Gasteiger partial charge in [0.1, 0.15) is 5.41 Å². The highest BCUT2D eigenvalue weighted by Crippen LogP contribution is 2.37. The van der Waals surface area contributed by atoms with E-state index in [4.69, 9.17) is 10.3 Å². The van der Waals surface area contributed by atoms with Crippen LogP contribution in [0.2, 0.25) is 0 Å². The van der Waals surface area contributed by atoms with Crippen LogP contribution in [0, 0.1) is 5.41 Å². The fourth-order valence-electron chi connectivity index (χ4n) is 1.64. The Bertz CT molecular complexity index is 400. The number of unbranched alkanes of at least 4 members (excludes halogenated alkanes) is 1. The summed E-state index contributed by atoms with van der Waals surface area (Å²) in [6.07, 6.45) is 1.85. The minimum atomic E-state index is -1.38. The van der Waals surface area contributed by atoms with Crippen molar-refractivity contribution < 1.29 is 14.3 Å². The molecular weight excluding hydrogens is 278 g/mol. The molecule has 0 N–H and O–H groups in total. The Morgan fingerprint density at radius 1 is 1.35 bits per heavy atom. The van der Waals surface area contributed by atoms with E-state index in [2.05, 4.69) is 10.0 Å². The second-order valence-corrected chi connectivity index (χ2v) is 7.37. The maximum absolute atomic E-state index is 12.2. The maximum atomic E-state index is 12.2. The van der Waals surface area contributed by atoms with E-state index in [-0.39, 0.29) is 10.5 Å². The van der Waals surface area contributed by atoms with Crippen LogP contribution < -0.4 is 0 Å². The maximum Gasteiger partial charge on any atom is 0.320 e. The molecule has 0 fully saturated rings. The lowest BCUT2D eigenvalue weighted by Crippen LogP contribution is -2.42. The molecule has 7 heteroatoms. The highest BCUT2D eigenvalue weighted by molar-refractivity contribution is 8.00. The van der Waals surface area contributed by atoms with Crippen LogP contribution in [0.3, 0.4) is 0 Å². The third-order valence-electron chi connectivity index (χ3n) is 2.83. The van der Waals surface area contributed by atoms with Crippen molar-refractivity contribution >= 4 is 23.6 Å². The van der Waals surface area contributed by atoms with Crippen molar-refractivity contribution in [1.82, 2.24) is 0 Å². The molecule has 0 radical (unpaired) electrons. The van der Waals surface area contributed by atoms with Crippen LogP contribution in [-0.2, 0) is 14.3 Å². The molecule has 20 heavy (non-hydrogen) atoms. The van der Waals surface area contributed by atoms with E-state index in [1.54, 1.807) is 0 Å². The molecule has 0 saturated carbocycles. The number of rotatable bonds is 7. The predicted octanol–water partition coefficient (Wildman–Crippen LogP) is 3.70. The van der Waals surface area contributed by atoms with Gasteiger partial charge in [-0.25, -0.2) is 0 Å². The highest BCUT2D eigenvalue weighted by atomic mass is 32.2. The van der Waals surface area contributed by atoms with Crippen LogP contribution in [0.15, 0.2) is 5.11 Å². The first kappa shape index (κ1) is 18.8. The van der Waals surface area contributed by atoms with Crippen LogP contribution in [0.4, 0.5) is 0 Å². The largest absolute Gasteiger partial charge is 0.468 e. The first-order valence-corrected chi connectivity index (χ1v) is 7.54. The minimum absolute atomic E-state index is 0.109. The molecule has 0 spiro atoms. The van der Waals surface area contributed by atoms with E-state index in [0.29, 0.717) is 12.8 Å². The molecule has 0 heterocycles. The summed E-state index contributed by atoms with van der Waals surface area (Å²) in [5, 5.41) is 3.15. The van der Waals surface area contributed by atoms with Gasteiger partial charge in [-0.3, -0.25) is 9.59 Å². The molecule has 0 aromatic heterocycles. The summed E-state index contributed by atoms with van der Waals surface area (Å²) in [4.78, 5) is 26.8. The summed E-state index contributed by atoms with van der Waals surface area (Å²) < 4.78 is 4.68. The van der Waals surface area contributed by atoms with Crippen molar-refractivity contribution in [3.05, 3.63) is 10.4 Å². The number of hydrogen-bond donors (Lipinski definition) is 0. The zero-order valence-electron chi connectivity index (χ0n) is 12.8. The lowest BCUT2D eigenvalue weighted by atomic mass is 9.84. The van der Waals surface area contributed by atoms with Crippen molar-refractivity contribution in [2.75, 3.05) is 12.9 Å². The third-order valence-corrected chi connectivity index (χ3v) is 4.33. The van der Waals surface area contributed by atoms with Gasteiger partial charge in [-0.15, -0.1) is 0 Å². The zero-order valence-corrected chi connectivity index (χ0v) is 13.6.